The number of nitrogens with zero attached hydrogens (tertiary/aromatic N) is 2. The number of nitrogens with two attached hydrogens (primary N) is 1. The van der Waals surface area contributed by atoms with Gasteiger partial charge in [-0.15, -0.1) is 0 Å². The number of primary amides is 1. The Labute approximate surface area is 156 Å². The molecule has 1 amide bonds. The van der Waals surface area contributed by atoms with E-state index in [0.717, 1.165) is 25.9 Å². The first-order chi connectivity index (χ1) is 12.5. The quantitative estimate of drug-likeness (QED) is 0.905. The van der Waals surface area contributed by atoms with Gasteiger partial charge >= 0.3 is 0 Å². The second-order valence-corrected chi connectivity index (χ2v) is 8.46. The zero-order valence-electron chi connectivity index (χ0n) is 16.1. The minimum atomic E-state index is -0.213. The lowest BCUT2D eigenvalue weighted by atomic mass is 9.84. The Kier molecular flexibility index (Phi) is 4.78. The minimum Gasteiger partial charge on any atom is -0.368 e. The molecule has 1 unspecified atom stereocenters. The third-order valence-corrected chi connectivity index (χ3v) is 6.46. The van der Waals surface area contributed by atoms with Crippen LogP contribution in [0.5, 0.6) is 0 Å². The standard InChI is InChI=1S/C22H31N3O/c1-15-8-9-19-17(12-15)18-14-24(2)11-10-20(18)25(19)21(22(23)26)13-16-6-4-3-5-7-16/h8-9,12,16,21H,3-7,10-11,13-14H2,1-2H3,(H2,23,26). The molecule has 1 aromatic heterocycles. The van der Waals surface area contributed by atoms with Crippen molar-refractivity contribution < 1.29 is 4.79 Å². The normalized spacial score (nSPS) is 20.2. The number of rotatable bonds is 4. The van der Waals surface area contributed by atoms with Crippen molar-refractivity contribution in [3.05, 3.63) is 35.0 Å². The Balaban J connectivity index is 1.81. The topological polar surface area (TPSA) is 51.3 Å². The van der Waals surface area contributed by atoms with E-state index in [0.29, 0.717) is 5.92 Å². The monoisotopic (exact) mass is 353 g/mol. The number of carbonyl (C=O) groups excluding carboxylic acids is 1. The summed E-state index contributed by atoms with van der Waals surface area (Å²) in [5.74, 6) is 0.459. The molecule has 4 rings (SSSR count). The predicted molar refractivity (Wildman–Crippen MR) is 106 cm³/mol. The highest BCUT2D eigenvalue weighted by molar-refractivity contribution is 5.89. The van der Waals surface area contributed by atoms with E-state index in [1.54, 1.807) is 0 Å². The highest BCUT2D eigenvalue weighted by Gasteiger charge is 2.30. The summed E-state index contributed by atoms with van der Waals surface area (Å²) in [4.78, 5) is 14.9. The van der Waals surface area contributed by atoms with Gasteiger partial charge in [-0.25, -0.2) is 0 Å². The Bertz CT molecular complexity index is 816. The Morgan fingerprint density at radius 3 is 2.77 bits per heavy atom. The number of hydrogen-bond donors (Lipinski definition) is 1. The van der Waals surface area contributed by atoms with Crippen LogP contribution in [0.25, 0.3) is 10.9 Å². The van der Waals surface area contributed by atoms with Gasteiger partial charge in [-0.3, -0.25) is 4.79 Å². The van der Waals surface area contributed by atoms with Crippen LogP contribution in [0.2, 0.25) is 0 Å². The molecule has 2 heterocycles. The molecule has 0 radical (unpaired) electrons. The van der Waals surface area contributed by atoms with Crippen LogP contribution in [-0.4, -0.2) is 29.0 Å². The van der Waals surface area contributed by atoms with Gasteiger partial charge in [-0.2, -0.15) is 0 Å². The van der Waals surface area contributed by atoms with Crippen molar-refractivity contribution in [3.8, 4) is 0 Å². The fourth-order valence-electron chi connectivity index (χ4n) is 5.08. The summed E-state index contributed by atoms with van der Waals surface area (Å²) in [7, 11) is 2.18. The molecule has 140 valence electrons. The van der Waals surface area contributed by atoms with Crippen molar-refractivity contribution in [2.45, 2.75) is 64.5 Å². The maximum absolute atomic E-state index is 12.5. The Morgan fingerprint density at radius 2 is 2.04 bits per heavy atom. The first kappa shape index (κ1) is 17.6. The van der Waals surface area contributed by atoms with Gasteiger partial charge in [0.1, 0.15) is 6.04 Å². The largest absolute Gasteiger partial charge is 0.368 e. The molecule has 1 aliphatic heterocycles. The van der Waals surface area contributed by atoms with Crippen LogP contribution in [0.1, 0.15) is 61.4 Å². The number of hydrogen-bond acceptors (Lipinski definition) is 2. The van der Waals surface area contributed by atoms with Crippen LogP contribution in [0.3, 0.4) is 0 Å². The summed E-state index contributed by atoms with van der Waals surface area (Å²) in [6.07, 6.45) is 8.31. The highest BCUT2D eigenvalue weighted by Crippen LogP contribution is 2.37. The lowest BCUT2D eigenvalue weighted by Crippen LogP contribution is -2.33. The Morgan fingerprint density at radius 1 is 1.27 bits per heavy atom. The van der Waals surface area contributed by atoms with Crippen LogP contribution in [0.4, 0.5) is 0 Å². The zero-order valence-corrected chi connectivity index (χ0v) is 16.1. The highest BCUT2D eigenvalue weighted by atomic mass is 16.1. The van der Waals surface area contributed by atoms with Gasteiger partial charge in [0.2, 0.25) is 5.91 Å². The molecule has 4 nitrogen and oxygen atoms in total. The molecule has 2 aromatic rings. The molecular formula is C22H31N3O. The molecule has 1 aliphatic carbocycles. The van der Waals surface area contributed by atoms with E-state index in [2.05, 4.69) is 41.6 Å². The number of fused-ring (bicyclic) bond motifs is 3. The van der Waals surface area contributed by atoms with Gasteiger partial charge in [0, 0.05) is 36.1 Å². The zero-order chi connectivity index (χ0) is 18.3. The lowest BCUT2D eigenvalue weighted by Gasteiger charge is -2.29. The van der Waals surface area contributed by atoms with Crippen LogP contribution in [0.15, 0.2) is 18.2 Å². The number of carbonyl (C=O) groups is 1. The van der Waals surface area contributed by atoms with Crippen LogP contribution >= 0.6 is 0 Å². The van der Waals surface area contributed by atoms with Gasteiger partial charge in [0.05, 0.1) is 0 Å². The van der Waals surface area contributed by atoms with Crippen LogP contribution in [0, 0.1) is 12.8 Å². The predicted octanol–water partition coefficient (Wildman–Crippen LogP) is 3.93. The summed E-state index contributed by atoms with van der Waals surface area (Å²) >= 11 is 0. The van der Waals surface area contributed by atoms with Gasteiger partial charge in [0.15, 0.2) is 0 Å². The van der Waals surface area contributed by atoms with Crippen molar-refractivity contribution in [1.82, 2.24) is 9.47 Å². The molecule has 0 bridgehead atoms. The lowest BCUT2D eigenvalue weighted by molar-refractivity contribution is -0.121. The molecule has 0 spiro atoms. The summed E-state index contributed by atoms with van der Waals surface area (Å²) < 4.78 is 2.31. The molecule has 1 atom stereocenters. The van der Waals surface area contributed by atoms with Crippen LogP contribution in [-0.2, 0) is 17.8 Å². The maximum Gasteiger partial charge on any atom is 0.240 e. The fourth-order valence-corrected chi connectivity index (χ4v) is 5.08. The molecule has 0 saturated heterocycles. The van der Waals surface area contributed by atoms with E-state index >= 15 is 0 Å². The summed E-state index contributed by atoms with van der Waals surface area (Å²) in [5.41, 5.74) is 11.2. The van der Waals surface area contributed by atoms with E-state index in [-0.39, 0.29) is 11.9 Å². The summed E-state index contributed by atoms with van der Waals surface area (Å²) in [6, 6.07) is 6.42. The summed E-state index contributed by atoms with van der Waals surface area (Å²) in [5, 5.41) is 1.31. The van der Waals surface area contributed by atoms with Gasteiger partial charge in [-0.1, -0.05) is 43.7 Å². The second kappa shape index (κ2) is 7.07. The molecule has 26 heavy (non-hydrogen) atoms. The van der Waals surface area contributed by atoms with Crippen LogP contribution < -0.4 is 5.73 Å². The number of aryl methyl sites for hydroxylation is 1. The third kappa shape index (κ3) is 3.16. The van der Waals surface area contributed by atoms with Crippen molar-refractivity contribution in [2.24, 2.45) is 11.7 Å². The average Bonchev–Trinajstić information content (AvgIpc) is 2.93. The van der Waals surface area contributed by atoms with Crippen molar-refractivity contribution >= 4 is 16.8 Å². The number of aromatic nitrogens is 1. The molecule has 1 aromatic carbocycles. The molecular weight excluding hydrogens is 322 g/mol. The maximum atomic E-state index is 12.5. The van der Waals surface area contributed by atoms with Gasteiger partial charge in [0.25, 0.3) is 0 Å². The van der Waals surface area contributed by atoms with Crippen molar-refractivity contribution in [1.29, 1.82) is 0 Å². The summed E-state index contributed by atoms with van der Waals surface area (Å²) in [6.45, 7) is 4.14. The first-order valence-electron chi connectivity index (χ1n) is 10.1. The molecule has 1 saturated carbocycles. The third-order valence-electron chi connectivity index (χ3n) is 6.46. The van der Waals surface area contributed by atoms with E-state index in [1.807, 2.05) is 0 Å². The van der Waals surface area contributed by atoms with Gasteiger partial charge < -0.3 is 15.2 Å². The van der Waals surface area contributed by atoms with E-state index < -0.39 is 0 Å². The fraction of sp³-hybridized carbons (Fsp3) is 0.591. The van der Waals surface area contributed by atoms with Crippen molar-refractivity contribution in [3.63, 3.8) is 0 Å². The first-order valence-corrected chi connectivity index (χ1v) is 10.1. The van der Waals surface area contributed by atoms with Gasteiger partial charge in [-0.05, 0) is 44.0 Å². The molecule has 2 N–H and O–H groups in total. The molecule has 2 aliphatic rings. The van der Waals surface area contributed by atoms with E-state index in [4.69, 9.17) is 5.73 Å². The average molecular weight is 354 g/mol. The smallest absolute Gasteiger partial charge is 0.240 e. The van der Waals surface area contributed by atoms with Crippen molar-refractivity contribution in [2.75, 3.05) is 13.6 Å². The molecule has 4 heteroatoms. The van der Waals surface area contributed by atoms with E-state index in [9.17, 15) is 4.79 Å². The number of amides is 1. The second-order valence-electron chi connectivity index (χ2n) is 8.46. The Hall–Kier alpha value is -1.81. The number of benzene rings is 1. The molecule has 1 fully saturated rings. The minimum absolute atomic E-state index is 0.172. The van der Waals surface area contributed by atoms with E-state index in [1.165, 1.54) is 59.8 Å². The SMILES string of the molecule is Cc1ccc2c(c1)c1c(n2C(CC2CCCCC2)C(N)=O)CCN(C)C1. The number of likely N-dealkylation sites (N-methyl/N-ethyl adjacent to an activating group) is 1.